The second-order valence-electron chi connectivity index (χ2n) is 10.7. The molecule has 10 heteroatoms. The van der Waals surface area contributed by atoms with Gasteiger partial charge in [-0.1, -0.05) is 60.7 Å². The molecule has 0 radical (unpaired) electrons. The molecule has 6 atom stereocenters. The minimum Gasteiger partial charge on any atom is -0.245 e. The average Bonchev–Trinajstić information content (AvgIpc) is 3.57. The Balaban J connectivity index is 1.31. The molecule has 1 saturated carbocycles. The maximum atomic E-state index is 13.7. The van der Waals surface area contributed by atoms with Crippen molar-refractivity contribution in [1.29, 1.82) is 0 Å². The zero-order valence-electron chi connectivity index (χ0n) is 19.4. The molecule has 0 saturated heterocycles. The van der Waals surface area contributed by atoms with Gasteiger partial charge in [0.25, 0.3) is 0 Å². The Bertz CT molecular complexity index is 1750. The van der Waals surface area contributed by atoms with Crippen LogP contribution in [0.25, 0.3) is 11.4 Å². The van der Waals surface area contributed by atoms with Gasteiger partial charge in [-0.2, -0.15) is 0 Å². The van der Waals surface area contributed by atoms with E-state index in [-0.39, 0.29) is 22.8 Å². The molecule has 0 spiro atoms. The summed E-state index contributed by atoms with van der Waals surface area (Å²) in [7, 11) is 0. The van der Waals surface area contributed by atoms with Crippen molar-refractivity contribution >= 4 is 0 Å². The van der Waals surface area contributed by atoms with E-state index in [9.17, 15) is 19.2 Å². The highest BCUT2D eigenvalue weighted by molar-refractivity contribution is 5.46. The number of hydrogen-bond donors (Lipinski definition) is 0. The summed E-state index contributed by atoms with van der Waals surface area (Å²) < 4.78 is 8.79. The molecule has 182 valence electrons. The van der Waals surface area contributed by atoms with Crippen LogP contribution in [0, 0.1) is 10.8 Å². The minimum absolute atomic E-state index is 0.387. The van der Waals surface area contributed by atoms with E-state index in [0.717, 1.165) is 0 Å². The number of nitrogens with zero attached hydrogens (tertiary/aromatic N) is 6. The standard InChI is InChI=1S/C27H20N6O4/c34-22-28(16-7-3-1-4-8-16)23(35)31-19-12-11-18(30(22)31)26-15-27(19,26)21-14-13-20(26)32-24(36)29(25(37)33(21)32)17-9-5-2-6-10-17/h1-14,18-21H,15H2/t18-,19+,20+,21-,26?,27?. The Kier molecular flexibility index (Phi) is 3.10. The van der Waals surface area contributed by atoms with Gasteiger partial charge in [0.1, 0.15) is 0 Å². The van der Waals surface area contributed by atoms with Gasteiger partial charge in [-0.15, -0.1) is 0 Å². The topological polar surface area (TPSA) is 97.9 Å². The summed E-state index contributed by atoms with van der Waals surface area (Å²) in [6, 6.07) is 16.2. The summed E-state index contributed by atoms with van der Waals surface area (Å²) in [4.78, 5) is 55.0. The largest absolute Gasteiger partial charge is 0.352 e. The first-order valence-corrected chi connectivity index (χ1v) is 12.4. The van der Waals surface area contributed by atoms with Gasteiger partial charge < -0.3 is 0 Å². The summed E-state index contributed by atoms with van der Waals surface area (Å²) in [5.74, 6) is 0. The summed E-state index contributed by atoms with van der Waals surface area (Å²) in [5, 5.41) is 0. The second kappa shape index (κ2) is 5.86. The van der Waals surface area contributed by atoms with Crippen molar-refractivity contribution in [2.24, 2.45) is 10.8 Å². The van der Waals surface area contributed by atoms with Crippen molar-refractivity contribution in [3.05, 3.63) is 127 Å². The Morgan fingerprint density at radius 2 is 0.784 bits per heavy atom. The lowest BCUT2D eigenvalue weighted by atomic mass is 9.64. The number of rotatable bonds is 2. The quantitative estimate of drug-likeness (QED) is 0.394. The van der Waals surface area contributed by atoms with Crippen LogP contribution in [0.5, 0.6) is 0 Å². The molecule has 1 fully saturated rings. The average molecular weight is 492 g/mol. The van der Waals surface area contributed by atoms with Crippen molar-refractivity contribution in [3.63, 3.8) is 0 Å². The van der Waals surface area contributed by atoms with E-state index >= 15 is 0 Å². The molecule has 37 heavy (non-hydrogen) atoms. The van der Waals surface area contributed by atoms with E-state index in [0.29, 0.717) is 17.8 Å². The fraction of sp³-hybridized carbons (Fsp3) is 0.259. The third-order valence-corrected chi connectivity index (χ3v) is 9.49. The Morgan fingerprint density at radius 1 is 0.486 bits per heavy atom. The van der Waals surface area contributed by atoms with Gasteiger partial charge >= 0.3 is 22.8 Å². The summed E-state index contributed by atoms with van der Waals surface area (Å²) in [5.41, 5.74) is -1.44. The molecule has 11 rings (SSSR count). The third kappa shape index (κ3) is 1.81. The molecule has 4 aliphatic heterocycles. The molecule has 0 amide bonds. The number of allylic oxidation sites excluding steroid dienone is 4. The zero-order valence-corrected chi connectivity index (χ0v) is 19.4. The zero-order chi connectivity index (χ0) is 24.8. The number of hydrogen-bond acceptors (Lipinski definition) is 4. The molecule has 0 N–H and O–H groups in total. The highest BCUT2D eigenvalue weighted by atomic mass is 16.2. The van der Waals surface area contributed by atoms with E-state index < -0.39 is 35.0 Å². The predicted molar refractivity (Wildman–Crippen MR) is 132 cm³/mol. The van der Waals surface area contributed by atoms with Gasteiger partial charge in [-0.05, 0) is 30.7 Å². The number of aromatic nitrogens is 6. The highest BCUT2D eigenvalue weighted by Gasteiger charge is 2.86. The van der Waals surface area contributed by atoms with E-state index in [2.05, 4.69) is 0 Å². The molecule has 6 heterocycles. The highest BCUT2D eigenvalue weighted by Crippen LogP contribution is 2.87. The molecule has 2 unspecified atom stereocenters. The smallest absolute Gasteiger partial charge is 0.245 e. The van der Waals surface area contributed by atoms with Crippen LogP contribution in [0.4, 0.5) is 0 Å². The Morgan fingerprint density at radius 3 is 1.08 bits per heavy atom. The molecule has 4 aromatic rings. The number of para-hydroxylation sites is 2. The van der Waals surface area contributed by atoms with Gasteiger partial charge in [0.15, 0.2) is 0 Å². The Labute approximate surface area is 207 Å². The first-order valence-electron chi connectivity index (χ1n) is 12.4. The molecule has 3 aliphatic carbocycles. The lowest BCUT2D eigenvalue weighted by Gasteiger charge is -2.54. The third-order valence-electron chi connectivity index (χ3n) is 9.49. The van der Waals surface area contributed by atoms with Gasteiger partial charge in [-0.3, -0.25) is 0 Å². The summed E-state index contributed by atoms with van der Waals surface area (Å²) >= 11 is 0. The molecule has 4 bridgehead atoms. The molecule has 2 aromatic carbocycles. The lowest BCUT2D eigenvalue weighted by Crippen LogP contribution is -2.59. The molecular formula is C27H20N6O4. The number of benzene rings is 2. The first-order chi connectivity index (χ1) is 18.0. The molecule has 7 aliphatic rings. The van der Waals surface area contributed by atoms with E-state index in [1.165, 1.54) is 9.13 Å². The second-order valence-corrected chi connectivity index (χ2v) is 10.7. The van der Waals surface area contributed by atoms with Crippen molar-refractivity contribution in [1.82, 2.24) is 27.9 Å². The van der Waals surface area contributed by atoms with Crippen molar-refractivity contribution in [3.8, 4) is 11.4 Å². The van der Waals surface area contributed by atoms with E-state index in [1.54, 1.807) is 67.3 Å². The summed E-state index contributed by atoms with van der Waals surface area (Å²) in [6.07, 6.45) is 8.78. The van der Waals surface area contributed by atoms with Crippen molar-refractivity contribution < 1.29 is 0 Å². The maximum Gasteiger partial charge on any atom is 0.352 e. The molecule has 2 aromatic heterocycles. The fourth-order valence-electron chi connectivity index (χ4n) is 8.17. The van der Waals surface area contributed by atoms with Gasteiger partial charge in [0, 0.05) is 10.8 Å². The summed E-state index contributed by atoms with van der Waals surface area (Å²) in [6.45, 7) is 0. The predicted octanol–water partition coefficient (Wildman–Crippen LogP) is 1.32. The van der Waals surface area contributed by atoms with Crippen LogP contribution in [0.1, 0.15) is 30.6 Å². The van der Waals surface area contributed by atoms with Gasteiger partial charge in [0.05, 0.1) is 35.5 Å². The van der Waals surface area contributed by atoms with Crippen LogP contribution in [0.3, 0.4) is 0 Å². The lowest BCUT2D eigenvalue weighted by molar-refractivity contribution is -0.00918. The van der Waals surface area contributed by atoms with Crippen LogP contribution in [0.2, 0.25) is 0 Å². The Hall–Kier alpha value is -4.60. The molecular weight excluding hydrogens is 472 g/mol. The normalized spacial score (nSPS) is 32.6. The van der Waals surface area contributed by atoms with Crippen molar-refractivity contribution in [2.45, 2.75) is 30.6 Å². The maximum absolute atomic E-state index is 13.7. The van der Waals surface area contributed by atoms with Gasteiger partial charge in [-0.25, -0.2) is 47.0 Å². The monoisotopic (exact) mass is 492 g/mol. The minimum atomic E-state index is -0.468. The van der Waals surface area contributed by atoms with Crippen LogP contribution < -0.4 is 22.8 Å². The van der Waals surface area contributed by atoms with E-state index in [4.69, 9.17) is 0 Å². The van der Waals surface area contributed by atoms with E-state index in [1.807, 2.05) is 36.4 Å². The first kappa shape index (κ1) is 19.6. The SMILES string of the molecule is O=c1n(-c2ccccc2)c(=O)n2n1[C@H]1C=C[C@@H]2C23CC12[C@H]1C=C[C@@H]3n2c(=O)n(-c3ccccc3)c(=O)n21. The van der Waals surface area contributed by atoms with Crippen LogP contribution in [-0.2, 0) is 0 Å². The fourth-order valence-corrected chi connectivity index (χ4v) is 8.17. The van der Waals surface area contributed by atoms with Crippen LogP contribution >= 0.6 is 0 Å². The van der Waals surface area contributed by atoms with Crippen LogP contribution in [-0.4, -0.2) is 27.9 Å². The molecule has 10 nitrogen and oxygen atoms in total. The van der Waals surface area contributed by atoms with Gasteiger partial charge in [0.2, 0.25) is 0 Å². The van der Waals surface area contributed by atoms with Crippen LogP contribution in [0.15, 0.2) is 104 Å². The van der Waals surface area contributed by atoms with Crippen molar-refractivity contribution in [2.75, 3.05) is 0 Å².